The molecule has 3 aromatic carbocycles. The third kappa shape index (κ3) is 2.87. The van der Waals surface area contributed by atoms with Crippen molar-refractivity contribution in [2.75, 3.05) is 0 Å². The van der Waals surface area contributed by atoms with Crippen LogP contribution in [0.15, 0.2) is 48.5 Å². The van der Waals surface area contributed by atoms with Gasteiger partial charge in [0.25, 0.3) is 0 Å². The second-order valence-corrected chi connectivity index (χ2v) is 10.3. The minimum absolute atomic E-state index is 0.357. The van der Waals surface area contributed by atoms with Crippen molar-refractivity contribution in [3.8, 4) is 5.75 Å². The Hall–Kier alpha value is -2.36. The van der Waals surface area contributed by atoms with Crippen molar-refractivity contribution in [2.45, 2.75) is 12.4 Å². The van der Waals surface area contributed by atoms with E-state index in [1.807, 2.05) is 13.0 Å². The van der Waals surface area contributed by atoms with Gasteiger partial charge >= 0.3 is 15.6 Å². The van der Waals surface area contributed by atoms with Gasteiger partial charge in [-0.25, -0.2) is 0 Å². The number of hydrogen-bond acceptors (Lipinski definition) is 5. The van der Waals surface area contributed by atoms with Gasteiger partial charge in [-0.05, 0) is 36.8 Å². The lowest BCUT2D eigenvalue weighted by molar-refractivity contribution is -0.0500. The summed E-state index contributed by atoms with van der Waals surface area (Å²) in [5.74, 6) is -0.357. The molecule has 148 valence electrons. The van der Waals surface area contributed by atoms with Gasteiger partial charge in [0.15, 0.2) is 0 Å². The van der Waals surface area contributed by atoms with Crippen molar-refractivity contribution in [2.24, 2.45) is 0 Å². The molecule has 0 amide bonds. The third-order valence-corrected chi connectivity index (χ3v) is 8.18. The molecule has 0 radical (unpaired) electrons. The molecule has 0 aliphatic carbocycles. The average Bonchev–Trinajstić information content (AvgIpc) is 3.17. The van der Waals surface area contributed by atoms with Crippen LogP contribution in [0.1, 0.15) is 5.56 Å². The van der Waals surface area contributed by atoms with Gasteiger partial charge in [0, 0.05) is 30.9 Å². The highest BCUT2D eigenvalue weighted by Gasteiger charge is 2.48. The molecular weight excluding hydrogens is 441 g/mol. The summed E-state index contributed by atoms with van der Waals surface area (Å²) >= 11 is 3.09. The zero-order valence-corrected chi connectivity index (χ0v) is 17.2. The normalized spacial score (nSPS) is 13.1. The van der Waals surface area contributed by atoms with Crippen LogP contribution in [-0.2, 0) is 10.1 Å². The third-order valence-electron chi connectivity index (χ3n) is 4.70. The molecule has 0 bridgehead atoms. The van der Waals surface area contributed by atoms with Crippen molar-refractivity contribution in [1.29, 1.82) is 0 Å². The molecule has 0 spiro atoms. The molecular formula is C20H11F3O3S3. The molecule has 0 unspecified atom stereocenters. The quantitative estimate of drug-likeness (QED) is 0.215. The van der Waals surface area contributed by atoms with Crippen LogP contribution in [0.4, 0.5) is 13.2 Å². The SMILES string of the molecule is Cc1ccc2c(c1)sc1c2ccc2c3ccc(OS(=O)(=O)C(F)(F)F)cc3sc21. The van der Waals surface area contributed by atoms with E-state index in [0.29, 0.717) is 4.70 Å². The summed E-state index contributed by atoms with van der Waals surface area (Å²) in [6.45, 7) is 2.04. The minimum Gasteiger partial charge on any atom is -0.376 e. The summed E-state index contributed by atoms with van der Waals surface area (Å²) in [7, 11) is -5.70. The molecule has 0 aliphatic rings. The number of fused-ring (bicyclic) bond motifs is 7. The number of benzene rings is 3. The summed E-state index contributed by atoms with van der Waals surface area (Å²) in [6, 6.07) is 14.5. The highest BCUT2D eigenvalue weighted by Crippen LogP contribution is 2.45. The molecule has 2 heterocycles. The Bertz CT molecular complexity index is 1540. The Labute approximate surface area is 171 Å². The van der Waals surface area contributed by atoms with E-state index in [2.05, 4.69) is 28.4 Å². The molecule has 0 aliphatic heterocycles. The zero-order valence-electron chi connectivity index (χ0n) is 14.7. The van der Waals surface area contributed by atoms with Crippen molar-refractivity contribution in [3.63, 3.8) is 0 Å². The zero-order chi connectivity index (χ0) is 20.6. The Morgan fingerprint density at radius 3 is 1.90 bits per heavy atom. The maximum atomic E-state index is 12.6. The van der Waals surface area contributed by atoms with E-state index in [0.717, 1.165) is 30.9 Å². The maximum absolute atomic E-state index is 12.6. The van der Waals surface area contributed by atoms with Crippen LogP contribution in [0.2, 0.25) is 0 Å². The van der Waals surface area contributed by atoms with E-state index >= 15 is 0 Å². The predicted molar refractivity (Wildman–Crippen MR) is 113 cm³/mol. The molecule has 0 saturated heterocycles. The van der Waals surface area contributed by atoms with Crippen LogP contribution in [0, 0.1) is 6.92 Å². The highest BCUT2D eigenvalue weighted by atomic mass is 32.2. The molecule has 5 aromatic rings. The molecule has 0 fully saturated rings. The Kier molecular flexibility index (Phi) is 3.90. The number of thiophene rings is 2. The van der Waals surface area contributed by atoms with Crippen LogP contribution >= 0.6 is 22.7 Å². The lowest BCUT2D eigenvalue weighted by Gasteiger charge is -2.09. The van der Waals surface area contributed by atoms with E-state index in [-0.39, 0.29) is 5.75 Å². The largest absolute Gasteiger partial charge is 0.534 e. The van der Waals surface area contributed by atoms with Gasteiger partial charge in [0.1, 0.15) is 5.75 Å². The fourth-order valence-corrected chi connectivity index (χ4v) is 6.50. The van der Waals surface area contributed by atoms with Crippen molar-refractivity contribution >= 4 is 73.1 Å². The van der Waals surface area contributed by atoms with Gasteiger partial charge in [0.2, 0.25) is 0 Å². The smallest absolute Gasteiger partial charge is 0.376 e. The first kappa shape index (κ1) is 18.7. The van der Waals surface area contributed by atoms with Gasteiger partial charge in [-0.15, -0.1) is 22.7 Å². The first-order chi connectivity index (χ1) is 13.6. The molecule has 0 atom stereocenters. The van der Waals surface area contributed by atoms with Gasteiger partial charge < -0.3 is 4.18 Å². The Morgan fingerprint density at radius 2 is 1.31 bits per heavy atom. The molecule has 0 N–H and O–H groups in total. The topological polar surface area (TPSA) is 43.4 Å². The lowest BCUT2D eigenvalue weighted by Crippen LogP contribution is -2.27. The van der Waals surface area contributed by atoms with E-state index in [4.69, 9.17) is 0 Å². The van der Waals surface area contributed by atoms with Crippen molar-refractivity contribution < 1.29 is 25.8 Å². The van der Waals surface area contributed by atoms with Gasteiger partial charge in [-0.3, -0.25) is 0 Å². The number of alkyl halides is 3. The molecule has 5 rings (SSSR count). The fourth-order valence-electron chi connectivity index (χ4n) is 3.38. The summed E-state index contributed by atoms with van der Waals surface area (Å²) < 4.78 is 68.6. The molecule has 3 nitrogen and oxygen atoms in total. The summed E-state index contributed by atoms with van der Waals surface area (Å²) in [5.41, 5.74) is -4.30. The van der Waals surface area contributed by atoms with Crippen LogP contribution < -0.4 is 4.18 Å². The van der Waals surface area contributed by atoms with E-state index in [1.54, 1.807) is 17.4 Å². The van der Waals surface area contributed by atoms with E-state index < -0.39 is 15.6 Å². The number of aryl methyl sites for hydroxylation is 1. The molecule has 0 saturated carbocycles. The van der Waals surface area contributed by atoms with Gasteiger partial charge in [-0.1, -0.05) is 24.3 Å². The Balaban J connectivity index is 1.72. The van der Waals surface area contributed by atoms with Crippen molar-refractivity contribution in [3.05, 3.63) is 54.1 Å². The molecule has 2 aromatic heterocycles. The molecule has 9 heteroatoms. The van der Waals surface area contributed by atoms with Crippen LogP contribution in [0.5, 0.6) is 5.75 Å². The minimum atomic E-state index is -5.70. The monoisotopic (exact) mass is 452 g/mol. The van der Waals surface area contributed by atoms with Gasteiger partial charge in [0.05, 0.1) is 9.40 Å². The maximum Gasteiger partial charge on any atom is 0.534 e. The van der Waals surface area contributed by atoms with Crippen LogP contribution in [0.3, 0.4) is 0 Å². The fraction of sp³-hybridized carbons (Fsp3) is 0.100. The number of hydrogen-bond donors (Lipinski definition) is 0. The first-order valence-electron chi connectivity index (χ1n) is 8.43. The predicted octanol–water partition coefficient (Wildman–Crippen LogP) is 6.96. The van der Waals surface area contributed by atoms with Crippen LogP contribution in [0.25, 0.3) is 40.3 Å². The van der Waals surface area contributed by atoms with Crippen LogP contribution in [-0.4, -0.2) is 13.9 Å². The summed E-state index contributed by atoms with van der Waals surface area (Å²) in [6.07, 6.45) is 0. The summed E-state index contributed by atoms with van der Waals surface area (Å²) in [4.78, 5) is 0. The first-order valence-corrected chi connectivity index (χ1v) is 11.5. The summed E-state index contributed by atoms with van der Waals surface area (Å²) in [5, 5.41) is 4.11. The average molecular weight is 453 g/mol. The van der Waals surface area contributed by atoms with Gasteiger partial charge in [-0.2, -0.15) is 21.6 Å². The second kappa shape index (κ2) is 6.07. The standard InChI is InChI=1S/C20H11F3O3S3/c1-10-2-4-12-14-6-7-15-13-5-3-11(26-29(24,25)20(21,22)23)9-17(13)28-19(15)18(14)27-16(12)8-10/h2-9H,1H3. The second-order valence-electron chi connectivity index (χ2n) is 6.66. The Morgan fingerprint density at radius 1 is 0.793 bits per heavy atom. The van der Waals surface area contributed by atoms with Crippen molar-refractivity contribution in [1.82, 2.24) is 0 Å². The molecule has 29 heavy (non-hydrogen) atoms. The number of halogens is 3. The van der Waals surface area contributed by atoms with E-state index in [1.165, 1.54) is 33.7 Å². The number of rotatable bonds is 2. The highest BCUT2D eigenvalue weighted by molar-refractivity contribution is 7.88. The van der Waals surface area contributed by atoms with E-state index in [9.17, 15) is 21.6 Å². The lowest BCUT2D eigenvalue weighted by atomic mass is 10.1.